The van der Waals surface area contributed by atoms with E-state index in [1.54, 1.807) is 0 Å². The molecule has 0 aromatic rings. The molecule has 14 heavy (non-hydrogen) atoms. The Hall–Kier alpha value is -1.85. The van der Waals surface area contributed by atoms with Crippen molar-refractivity contribution >= 4 is 17.7 Å². The van der Waals surface area contributed by atoms with Crippen LogP contribution in [0, 0.1) is 0 Å². The van der Waals surface area contributed by atoms with Crippen LogP contribution in [-0.4, -0.2) is 35.0 Å². The molecule has 0 aliphatic heterocycles. The van der Waals surface area contributed by atoms with Crippen LogP contribution in [0.2, 0.25) is 0 Å². The van der Waals surface area contributed by atoms with Crippen molar-refractivity contribution in [2.24, 2.45) is 0 Å². The van der Waals surface area contributed by atoms with Crippen LogP contribution in [-0.2, 0) is 19.1 Å². The Morgan fingerprint density at radius 1 is 1.29 bits per heavy atom. The van der Waals surface area contributed by atoms with E-state index in [2.05, 4.69) is 11.3 Å². The Morgan fingerprint density at radius 3 is 1.71 bits per heavy atom. The number of ketones is 1. The van der Waals surface area contributed by atoms with Crippen molar-refractivity contribution < 1.29 is 29.3 Å². The predicted molar refractivity (Wildman–Crippen MR) is 46.7 cm³/mol. The molecule has 0 spiro atoms. The van der Waals surface area contributed by atoms with E-state index in [0.717, 1.165) is 0 Å². The monoisotopic (exact) mass is 204 g/mol. The van der Waals surface area contributed by atoms with Gasteiger partial charge >= 0.3 is 11.9 Å². The van der Waals surface area contributed by atoms with Crippen molar-refractivity contribution in [1.29, 1.82) is 0 Å². The van der Waals surface area contributed by atoms with Gasteiger partial charge in [-0.15, -0.1) is 0 Å². The van der Waals surface area contributed by atoms with E-state index in [1.165, 1.54) is 14.0 Å². The van der Waals surface area contributed by atoms with Crippen molar-refractivity contribution in [3.8, 4) is 0 Å². The van der Waals surface area contributed by atoms with Crippen LogP contribution in [0.15, 0.2) is 12.3 Å². The quantitative estimate of drug-likeness (QED) is 0.387. The third kappa shape index (κ3) is 12.8. The molecule has 0 atom stereocenters. The number of carbonyl (C=O) groups is 3. The number of ether oxygens (including phenoxy) is 1. The first-order chi connectivity index (χ1) is 6.31. The van der Waals surface area contributed by atoms with E-state index in [9.17, 15) is 14.4 Å². The minimum Gasteiger partial charge on any atom is -0.490 e. The average molecular weight is 204 g/mol. The molecule has 0 amide bonds. The molecule has 0 aromatic carbocycles. The second kappa shape index (κ2) is 7.78. The minimum absolute atomic E-state index is 0.236. The number of carbonyl (C=O) groups excluding carboxylic acids is 1. The first-order valence-corrected chi connectivity index (χ1v) is 3.48. The van der Waals surface area contributed by atoms with E-state index in [4.69, 9.17) is 10.2 Å². The summed E-state index contributed by atoms with van der Waals surface area (Å²) in [6.45, 7) is 4.30. The van der Waals surface area contributed by atoms with Crippen molar-refractivity contribution in [1.82, 2.24) is 0 Å². The van der Waals surface area contributed by atoms with Crippen LogP contribution in [0.1, 0.15) is 13.3 Å². The molecule has 0 saturated heterocycles. The smallest absolute Gasteiger partial charge is 0.370 e. The standard InChI is InChI=1S/2C4H6O3/c1-3(7-2)4(5)6;1-3(5)2-4(6)7/h1H2,2H3,(H,5,6);2H2,1H3,(H,6,7). The summed E-state index contributed by atoms with van der Waals surface area (Å²) in [7, 11) is 1.26. The number of hydrogen-bond acceptors (Lipinski definition) is 4. The zero-order valence-electron chi connectivity index (χ0n) is 7.94. The lowest BCUT2D eigenvalue weighted by Crippen LogP contribution is -2.00. The largest absolute Gasteiger partial charge is 0.490 e. The fourth-order valence-corrected chi connectivity index (χ4v) is 0.300. The summed E-state index contributed by atoms with van der Waals surface area (Å²) >= 11 is 0. The van der Waals surface area contributed by atoms with Crippen LogP contribution in [0.5, 0.6) is 0 Å². The maximum absolute atomic E-state index is 9.87. The number of carboxylic acid groups (broad SMARTS) is 2. The maximum atomic E-state index is 9.87. The summed E-state index contributed by atoms with van der Waals surface area (Å²) in [5, 5.41) is 15.8. The molecule has 0 radical (unpaired) electrons. The van der Waals surface area contributed by atoms with E-state index < -0.39 is 11.9 Å². The van der Waals surface area contributed by atoms with Crippen LogP contribution >= 0.6 is 0 Å². The normalized spacial score (nSPS) is 7.86. The molecule has 0 unspecified atom stereocenters. The summed E-state index contributed by atoms with van der Waals surface area (Å²) in [5.41, 5.74) is 0. The van der Waals surface area contributed by atoms with Crippen molar-refractivity contribution in [2.45, 2.75) is 13.3 Å². The number of hydrogen-bond donors (Lipinski definition) is 2. The van der Waals surface area contributed by atoms with Gasteiger partial charge in [0.1, 0.15) is 12.2 Å². The first-order valence-electron chi connectivity index (χ1n) is 3.48. The van der Waals surface area contributed by atoms with E-state index >= 15 is 0 Å². The van der Waals surface area contributed by atoms with Crippen LogP contribution in [0.4, 0.5) is 0 Å². The first kappa shape index (κ1) is 14.7. The Kier molecular flexibility index (Phi) is 8.15. The molecule has 0 heterocycles. The van der Waals surface area contributed by atoms with Gasteiger partial charge in [-0.3, -0.25) is 9.59 Å². The third-order valence-electron chi connectivity index (χ3n) is 0.885. The van der Waals surface area contributed by atoms with Gasteiger partial charge in [-0.2, -0.15) is 0 Å². The molecule has 0 aliphatic rings. The average Bonchev–Trinajstić information content (AvgIpc) is 2.01. The molecule has 6 heteroatoms. The lowest BCUT2D eigenvalue weighted by Gasteiger charge is -1.92. The van der Waals surface area contributed by atoms with Gasteiger partial charge in [-0.25, -0.2) is 4.79 Å². The lowest BCUT2D eigenvalue weighted by molar-refractivity contribution is -0.140. The Balaban J connectivity index is 0. The number of carboxylic acids is 2. The molecule has 0 rings (SSSR count). The summed E-state index contributed by atoms with van der Waals surface area (Å²) in [6, 6.07) is 0. The van der Waals surface area contributed by atoms with Crippen molar-refractivity contribution in [2.75, 3.05) is 7.11 Å². The number of aliphatic carboxylic acids is 2. The highest BCUT2D eigenvalue weighted by Gasteiger charge is 1.99. The minimum atomic E-state index is -1.12. The summed E-state index contributed by atoms with van der Waals surface area (Å²) in [4.78, 5) is 29.2. The van der Waals surface area contributed by atoms with Crippen LogP contribution in [0.3, 0.4) is 0 Å². The van der Waals surface area contributed by atoms with Gasteiger partial charge in [0.25, 0.3) is 0 Å². The Labute approximate surface area is 80.8 Å². The molecule has 0 aliphatic carbocycles. The number of Topliss-reactive ketones (excluding diaryl/α,β-unsaturated/α-hetero) is 1. The molecule has 0 fully saturated rings. The highest BCUT2D eigenvalue weighted by atomic mass is 16.5. The molecule has 0 bridgehead atoms. The summed E-state index contributed by atoms with van der Waals surface area (Å²) in [6.07, 6.45) is -0.361. The lowest BCUT2D eigenvalue weighted by atomic mass is 10.3. The van der Waals surface area contributed by atoms with Crippen LogP contribution < -0.4 is 0 Å². The molecular formula is C8H12O6. The summed E-state index contributed by atoms with van der Waals surface area (Å²) in [5.74, 6) is -2.73. The predicted octanol–water partition coefficient (Wildman–Crippen LogP) is 0.281. The zero-order valence-corrected chi connectivity index (χ0v) is 7.94. The molecule has 6 nitrogen and oxygen atoms in total. The highest BCUT2D eigenvalue weighted by molar-refractivity contribution is 5.93. The van der Waals surface area contributed by atoms with Crippen LogP contribution in [0.25, 0.3) is 0 Å². The molecule has 2 N–H and O–H groups in total. The maximum Gasteiger partial charge on any atom is 0.370 e. The topological polar surface area (TPSA) is 101 Å². The van der Waals surface area contributed by atoms with Gasteiger partial charge < -0.3 is 14.9 Å². The Bertz CT molecular complexity index is 230. The van der Waals surface area contributed by atoms with E-state index in [-0.39, 0.29) is 18.0 Å². The fourth-order valence-electron chi connectivity index (χ4n) is 0.300. The molecular weight excluding hydrogens is 192 g/mol. The van der Waals surface area contributed by atoms with Crippen molar-refractivity contribution in [3.63, 3.8) is 0 Å². The zero-order chi connectivity index (χ0) is 11.7. The van der Waals surface area contributed by atoms with E-state index in [0.29, 0.717) is 0 Å². The molecule has 0 aromatic heterocycles. The van der Waals surface area contributed by atoms with E-state index in [1.807, 2.05) is 0 Å². The molecule has 0 saturated carbocycles. The van der Waals surface area contributed by atoms with Crippen molar-refractivity contribution in [3.05, 3.63) is 12.3 Å². The third-order valence-corrected chi connectivity index (χ3v) is 0.885. The van der Waals surface area contributed by atoms with Gasteiger partial charge in [0.2, 0.25) is 0 Å². The fraction of sp³-hybridized carbons (Fsp3) is 0.375. The second-order valence-corrected chi connectivity index (χ2v) is 2.20. The van der Waals surface area contributed by atoms with Gasteiger partial charge in [0.15, 0.2) is 5.76 Å². The number of methoxy groups -OCH3 is 1. The summed E-state index contributed by atoms with van der Waals surface area (Å²) < 4.78 is 4.22. The Morgan fingerprint density at radius 2 is 1.71 bits per heavy atom. The van der Waals surface area contributed by atoms with Gasteiger partial charge in [0.05, 0.1) is 7.11 Å². The highest BCUT2D eigenvalue weighted by Crippen LogP contribution is 1.86. The van der Waals surface area contributed by atoms with Gasteiger partial charge in [0, 0.05) is 0 Å². The number of rotatable bonds is 4. The van der Waals surface area contributed by atoms with Gasteiger partial charge in [-0.05, 0) is 13.5 Å². The SMILES string of the molecule is C=C(OC)C(=O)O.CC(=O)CC(=O)O. The molecule has 80 valence electrons. The van der Waals surface area contributed by atoms with Gasteiger partial charge in [-0.1, -0.05) is 0 Å². The second-order valence-electron chi connectivity index (χ2n) is 2.20.